The van der Waals surface area contributed by atoms with E-state index in [4.69, 9.17) is 4.98 Å². The second-order valence-corrected chi connectivity index (χ2v) is 6.72. The van der Waals surface area contributed by atoms with Crippen molar-refractivity contribution < 1.29 is 0 Å². The molecule has 0 atom stereocenters. The number of piperazine rings is 1. The molecule has 1 fully saturated rings. The highest BCUT2D eigenvalue weighted by atomic mass is 15.3. The second kappa shape index (κ2) is 7.25. The van der Waals surface area contributed by atoms with Crippen LogP contribution in [-0.2, 0) is 13.1 Å². The lowest BCUT2D eigenvalue weighted by Gasteiger charge is -2.34. The molecule has 4 rings (SSSR count). The summed E-state index contributed by atoms with van der Waals surface area (Å²) in [4.78, 5) is 9.61. The zero-order valence-corrected chi connectivity index (χ0v) is 14.7. The predicted molar refractivity (Wildman–Crippen MR) is 102 cm³/mol. The normalized spacial score (nSPS) is 15.8. The van der Waals surface area contributed by atoms with Gasteiger partial charge in [0.25, 0.3) is 0 Å². The number of nitrogens with one attached hydrogen (secondary N) is 1. The fourth-order valence-corrected chi connectivity index (χ4v) is 3.36. The first-order valence-corrected chi connectivity index (χ1v) is 8.95. The summed E-state index contributed by atoms with van der Waals surface area (Å²) in [6.45, 7) is 5.98. The zero-order chi connectivity index (χ0) is 17.1. The summed E-state index contributed by atoms with van der Waals surface area (Å²) >= 11 is 0. The summed E-state index contributed by atoms with van der Waals surface area (Å²) in [5, 5.41) is 3.49. The quantitative estimate of drug-likeness (QED) is 0.777. The first-order valence-electron chi connectivity index (χ1n) is 8.95. The molecule has 0 saturated carbocycles. The summed E-state index contributed by atoms with van der Waals surface area (Å²) < 4.78 is 2.23. The highest BCUT2D eigenvalue weighted by molar-refractivity contribution is 5.52. The zero-order valence-electron chi connectivity index (χ0n) is 14.7. The Morgan fingerprint density at radius 1 is 0.920 bits per heavy atom. The van der Waals surface area contributed by atoms with Gasteiger partial charge in [0.15, 0.2) is 0 Å². The maximum atomic E-state index is 4.78. The minimum Gasteiger partial charge on any atom is -0.355 e. The molecule has 0 amide bonds. The third-order valence-corrected chi connectivity index (χ3v) is 4.83. The number of anilines is 1. The summed E-state index contributed by atoms with van der Waals surface area (Å²) in [6, 6.07) is 16.9. The molecule has 0 unspecified atom stereocenters. The molecule has 0 aliphatic carbocycles. The number of imidazole rings is 1. The van der Waals surface area contributed by atoms with Crippen molar-refractivity contribution in [3.8, 4) is 0 Å². The minimum absolute atomic E-state index is 0.777. The Hall–Kier alpha value is -2.37. The number of rotatable bonds is 5. The molecule has 0 radical (unpaired) electrons. The highest BCUT2D eigenvalue weighted by Crippen LogP contribution is 2.19. The lowest BCUT2D eigenvalue weighted by Crippen LogP contribution is -2.45. The Kier molecular flexibility index (Phi) is 4.68. The Labute approximate surface area is 148 Å². The lowest BCUT2D eigenvalue weighted by atomic mass is 10.2. The molecule has 1 saturated heterocycles. The minimum atomic E-state index is 0.777. The smallest absolute Gasteiger partial charge is 0.138 e. The van der Waals surface area contributed by atoms with E-state index >= 15 is 0 Å². The van der Waals surface area contributed by atoms with Gasteiger partial charge in [-0.2, -0.15) is 0 Å². The van der Waals surface area contributed by atoms with Crippen molar-refractivity contribution in [1.82, 2.24) is 19.6 Å². The van der Waals surface area contributed by atoms with Crippen molar-refractivity contribution in [2.24, 2.45) is 0 Å². The molecule has 5 heteroatoms. The molecule has 0 spiro atoms. The van der Waals surface area contributed by atoms with E-state index in [1.165, 1.54) is 11.4 Å². The van der Waals surface area contributed by atoms with E-state index in [0.717, 1.165) is 50.6 Å². The van der Waals surface area contributed by atoms with Crippen LogP contribution in [0.4, 0.5) is 5.82 Å². The molecule has 1 aliphatic heterocycles. The third-order valence-electron chi connectivity index (χ3n) is 4.83. The summed E-state index contributed by atoms with van der Waals surface area (Å²) in [7, 11) is 2.19. The highest BCUT2D eigenvalue weighted by Gasteiger charge is 2.17. The number of hydrogen-bond acceptors (Lipinski definition) is 4. The Morgan fingerprint density at radius 3 is 2.52 bits per heavy atom. The Balaban J connectivity index is 1.47. The van der Waals surface area contributed by atoms with Crippen LogP contribution in [0.25, 0.3) is 5.65 Å². The van der Waals surface area contributed by atoms with Crippen molar-refractivity contribution in [2.75, 3.05) is 38.1 Å². The number of likely N-dealkylation sites (N-methyl/N-ethyl adjacent to an activating group) is 1. The molecule has 130 valence electrons. The van der Waals surface area contributed by atoms with Gasteiger partial charge in [-0.25, -0.2) is 4.98 Å². The predicted octanol–water partition coefficient (Wildman–Crippen LogP) is 2.38. The van der Waals surface area contributed by atoms with E-state index in [9.17, 15) is 0 Å². The lowest BCUT2D eigenvalue weighted by molar-refractivity contribution is 0.312. The average Bonchev–Trinajstić information content (AvgIpc) is 3.06. The van der Waals surface area contributed by atoms with Gasteiger partial charge in [0.05, 0.1) is 5.69 Å². The first-order chi connectivity index (χ1) is 12.3. The largest absolute Gasteiger partial charge is 0.355 e. The number of fused-ring (bicyclic) bond motifs is 1. The van der Waals surface area contributed by atoms with E-state index in [1.807, 2.05) is 6.07 Å². The maximum absolute atomic E-state index is 4.78. The number of hydrogen-bond donors (Lipinski definition) is 1. The van der Waals surface area contributed by atoms with Crippen LogP contribution in [-0.4, -0.2) is 47.5 Å². The summed E-state index contributed by atoms with van der Waals surface area (Å²) in [5.74, 6) is 1.24. The van der Waals surface area contributed by atoms with Crippen LogP contribution in [0.3, 0.4) is 0 Å². The van der Waals surface area contributed by atoms with Gasteiger partial charge in [-0.15, -0.1) is 0 Å². The van der Waals surface area contributed by atoms with E-state index < -0.39 is 0 Å². The molecule has 5 nitrogen and oxygen atoms in total. The van der Waals surface area contributed by atoms with Crippen LogP contribution in [0, 0.1) is 0 Å². The molecular weight excluding hydrogens is 310 g/mol. The Morgan fingerprint density at radius 2 is 1.72 bits per heavy atom. The van der Waals surface area contributed by atoms with Crippen molar-refractivity contribution in [3.63, 3.8) is 0 Å². The average molecular weight is 335 g/mol. The van der Waals surface area contributed by atoms with Crippen molar-refractivity contribution in [3.05, 3.63) is 66.0 Å². The fourth-order valence-electron chi connectivity index (χ4n) is 3.36. The van der Waals surface area contributed by atoms with Gasteiger partial charge < -0.3 is 15.1 Å². The van der Waals surface area contributed by atoms with Crippen LogP contribution in [0.2, 0.25) is 0 Å². The van der Waals surface area contributed by atoms with Gasteiger partial charge in [0, 0.05) is 45.5 Å². The SMILES string of the molecule is CN1CCN(c2cccc3nc(CNCc4ccccc4)cn23)CC1. The van der Waals surface area contributed by atoms with E-state index in [0.29, 0.717) is 0 Å². The van der Waals surface area contributed by atoms with Gasteiger partial charge >= 0.3 is 0 Å². The van der Waals surface area contributed by atoms with Gasteiger partial charge in [0.1, 0.15) is 11.5 Å². The van der Waals surface area contributed by atoms with Crippen LogP contribution in [0.15, 0.2) is 54.7 Å². The van der Waals surface area contributed by atoms with Crippen molar-refractivity contribution in [1.29, 1.82) is 0 Å². The molecule has 25 heavy (non-hydrogen) atoms. The molecule has 2 aromatic heterocycles. The fraction of sp³-hybridized carbons (Fsp3) is 0.350. The van der Waals surface area contributed by atoms with Gasteiger partial charge in [-0.05, 0) is 24.7 Å². The number of aromatic nitrogens is 2. The maximum Gasteiger partial charge on any atom is 0.138 e. The molecule has 1 aliphatic rings. The van der Waals surface area contributed by atoms with Gasteiger partial charge in [0.2, 0.25) is 0 Å². The second-order valence-electron chi connectivity index (χ2n) is 6.72. The van der Waals surface area contributed by atoms with E-state index in [1.54, 1.807) is 0 Å². The van der Waals surface area contributed by atoms with Crippen LogP contribution >= 0.6 is 0 Å². The third kappa shape index (κ3) is 3.67. The number of benzene rings is 1. The molecule has 1 N–H and O–H groups in total. The Bertz CT molecular complexity index is 818. The van der Waals surface area contributed by atoms with Crippen LogP contribution in [0.5, 0.6) is 0 Å². The van der Waals surface area contributed by atoms with Gasteiger partial charge in [-0.1, -0.05) is 36.4 Å². The topological polar surface area (TPSA) is 35.8 Å². The molecule has 3 heterocycles. The van der Waals surface area contributed by atoms with Crippen LogP contribution < -0.4 is 10.2 Å². The van der Waals surface area contributed by atoms with Crippen LogP contribution in [0.1, 0.15) is 11.3 Å². The van der Waals surface area contributed by atoms with Gasteiger partial charge in [-0.3, -0.25) is 4.40 Å². The molecule has 0 bridgehead atoms. The molecular formula is C20H25N5. The monoisotopic (exact) mass is 335 g/mol. The van der Waals surface area contributed by atoms with Crippen molar-refractivity contribution >= 4 is 11.5 Å². The summed E-state index contributed by atoms with van der Waals surface area (Å²) in [6.07, 6.45) is 2.17. The van der Waals surface area contributed by atoms with E-state index in [-0.39, 0.29) is 0 Å². The van der Waals surface area contributed by atoms with E-state index in [2.05, 4.69) is 75.2 Å². The first kappa shape index (κ1) is 16.1. The standard InChI is InChI=1S/C20H25N5/c1-23-10-12-24(13-11-23)20-9-5-8-19-22-18(16-25(19)20)15-21-14-17-6-3-2-4-7-17/h2-9,16,21H,10-15H2,1H3. The molecule has 3 aromatic rings. The number of nitrogens with zero attached hydrogens (tertiary/aromatic N) is 4. The summed E-state index contributed by atoms with van der Waals surface area (Å²) in [5.41, 5.74) is 3.40. The number of pyridine rings is 1. The molecule has 1 aromatic carbocycles. The van der Waals surface area contributed by atoms with Crippen molar-refractivity contribution in [2.45, 2.75) is 13.1 Å².